The second-order valence-electron chi connectivity index (χ2n) is 4.54. The Hall–Kier alpha value is 0.0500. The molecule has 0 fully saturated rings. The van der Waals surface area contributed by atoms with Crippen LogP contribution in [-0.4, -0.2) is 22.1 Å². The van der Waals surface area contributed by atoms with Crippen molar-refractivity contribution in [2.75, 3.05) is 12.3 Å². The summed E-state index contributed by atoms with van der Waals surface area (Å²) in [5.41, 5.74) is 3.40. The maximum atomic E-state index is 2.47. The van der Waals surface area contributed by atoms with Gasteiger partial charge in [-0.3, -0.25) is 0 Å². The Morgan fingerprint density at radius 1 is 1.17 bits per heavy atom. The lowest BCUT2D eigenvalue weighted by atomic mass is 10.1. The Morgan fingerprint density at radius 2 is 1.75 bits per heavy atom. The molecule has 0 atom stereocenters. The number of hydrogen-bond acceptors (Lipinski definition) is 2. The summed E-state index contributed by atoms with van der Waals surface area (Å²) in [4.78, 5) is 0. The van der Waals surface area contributed by atoms with Crippen LogP contribution in [0.15, 0.2) is 11.1 Å². The minimum absolute atomic E-state index is 0.298. The van der Waals surface area contributed by atoms with Crippen LogP contribution >= 0.6 is 11.9 Å². The Labute approximate surface area is 80.3 Å². The molecule has 0 aromatic rings. The third kappa shape index (κ3) is 2.27. The predicted octanol–water partition coefficient (Wildman–Crippen LogP) is 3.09. The van der Waals surface area contributed by atoms with E-state index in [2.05, 4.69) is 38.9 Å². The Bertz CT molecular complexity index is 200. The van der Waals surface area contributed by atoms with Crippen molar-refractivity contribution in [1.29, 1.82) is 0 Å². The van der Waals surface area contributed by atoms with Gasteiger partial charge in [0, 0.05) is 17.8 Å². The maximum absolute atomic E-state index is 2.47. The minimum atomic E-state index is 0.298. The van der Waals surface area contributed by atoms with E-state index in [1.807, 2.05) is 11.9 Å². The highest BCUT2D eigenvalue weighted by Gasteiger charge is 2.25. The fraction of sp³-hybridized carbons (Fsp3) is 0.800. The molecular weight excluding hydrogens is 166 g/mol. The van der Waals surface area contributed by atoms with Crippen LogP contribution in [0.4, 0.5) is 0 Å². The van der Waals surface area contributed by atoms with Crippen LogP contribution in [0.25, 0.3) is 0 Å². The smallest absolute Gasteiger partial charge is 0.0306 e. The Morgan fingerprint density at radius 3 is 2.17 bits per heavy atom. The molecule has 0 spiro atoms. The predicted molar refractivity (Wildman–Crippen MR) is 57.3 cm³/mol. The summed E-state index contributed by atoms with van der Waals surface area (Å²) in [5.74, 6) is 1.17. The molecule has 1 rings (SSSR count). The number of hydrogen-bond donors (Lipinski definition) is 0. The molecule has 12 heavy (non-hydrogen) atoms. The highest BCUT2D eigenvalue weighted by atomic mass is 32.2. The van der Waals surface area contributed by atoms with E-state index in [0.717, 1.165) is 6.54 Å². The van der Waals surface area contributed by atoms with Gasteiger partial charge in [0.05, 0.1) is 0 Å². The highest BCUT2D eigenvalue weighted by molar-refractivity contribution is 7.97. The standard InChI is InChI=1S/C10H19NS/c1-8-6-11(10(3,4)5)12-7-9(8)2/h6-7H2,1-5H3. The van der Waals surface area contributed by atoms with Crippen molar-refractivity contribution < 1.29 is 0 Å². The highest BCUT2D eigenvalue weighted by Crippen LogP contribution is 2.30. The van der Waals surface area contributed by atoms with Gasteiger partial charge in [0.2, 0.25) is 0 Å². The van der Waals surface area contributed by atoms with E-state index in [0.29, 0.717) is 5.54 Å². The lowest BCUT2D eigenvalue weighted by molar-refractivity contribution is 0.288. The van der Waals surface area contributed by atoms with Crippen LogP contribution in [0.1, 0.15) is 34.6 Å². The number of nitrogens with zero attached hydrogens (tertiary/aromatic N) is 1. The van der Waals surface area contributed by atoms with Crippen LogP contribution < -0.4 is 0 Å². The van der Waals surface area contributed by atoms with E-state index >= 15 is 0 Å². The van der Waals surface area contributed by atoms with Gasteiger partial charge in [0.15, 0.2) is 0 Å². The van der Waals surface area contributed by atoms with E-state index in [1.165, 1.54) is 5.75 Å². The first-order valence-electron chi connectivity index (χ1n) is 4.47. The molecule has 0 aromatic heterocycles. The molecule has 1 aliphatic rings. The first-order chi connectivity index (χ1) is 5.41. The van der Waals surface area contributed by atoms with Crippen LogP contribution in [0.2, 0.25) is 0 Å². The van der Waals surface area contributed by atoms with Gasteiger partial charge in [-0.1, -0.05) is 23.1 Å². The number of rotatable bonds is 0. The summed E-state index contributed by atoms with van der Waals surface area (Å²) in [7, 11) is 0. The lowest BCUT2D eigenvalue weighted by Crippen LogP contribution is -2.39. The summed E-state index contributed by atoms with van der Waals surface area (Å²) in [6, 6.07) is 0. The summed E-state index contributed by atoms with van der Waals surface area (Å²) >= 11 is 1.96. The first-order valence-corrected chi connectivity index (χ1v) is 5.41. The normalized spacial score (nSPS) is 21.8. The minimum Gasteiger partial charge on any atom is -0.241 e. The van der Waals surface area contributed by atoms with Gasteiger partial charge >= 0.3 is 0 Å². The zero-order valence-corrected chi connectivity index (χ0v) is 9.59. The molecule has 0 aliphatic carbocycles. The van der Waals surface area contributed by atoms with Crippen molar-refractivity contribution in [3.63, 3.8) is 0 Å². The van der Waals surface area contributed by atoms with Gasteiger partial charge in [-0.25, -0.2) is 4.31 Å². The molecule has 0 bridgehead atoms. The van der Waals surface area contributed by atoms with E-state index in [9.17, 15) is 0 Å². The summed E-state index contributed by atoms with van der Waals surface area (Å²) in [6.07, 6.45) is 0. The lowest BCUT2D eigenvalue weighted by Gasteiger charge is -2.37. The van der Waals surface area contributed by atoms with Gasteiger partial charge in [-0.15, -0.1) is 0 Å². The summed E-state index contributed by atoms with van der Waals surface area (Å²) < 4.78 is 2.47. The molecule has 2 heteroatoms. The molecule has 0 saturated carbocycles. The van der Waals surface area contributed by atoms with Gasteiger partial charge in [-0.2, -0.15) is 0 Å². The van der Waals surface area contributed by atoms with Crippen molar-refractivity contribution in [3.05, 3.63) is 11.1 Å². The van der Waals surface area contributed by atoms with Crippen LogP contribution in [0, 0.1) is 0 Å². The zero-order chi connectivity index (χ0) is 9.35. The van der Waals surface area contributed by atoms with Crippen molar-refractivity contribution in [2.45, 2.75) is 40.2 Å². The zero-order valence-electron chi connectivity index (χ0n) is 8.77. The summed E-state index contributed by atoms with van der Waals surface area (Å²) in [5, 5.41) is 0. The van der Waals surface area contributed by atoms with Gasteiger partial charge in [0.1, 0.15) is 0 Å². The third-order valence-corrected chi connectivity index (χ3v) is 3.85. The Balaban J connectivity index is 2.67. The van der Waals surface area contributed by atoms with Crippen molar-refractivity contribution in [2.24, 2.45) is 0 Å². The van der Waals surface area contributed by atoms with E-state index in [-0.39, 0.29) is 0 Å². The van der Waals surface area contributed by atoms with Crippen LogP contribution in [0.3, 0.4) is 0 Å². The van der Waals surface area contributed by atoms with Crippen LogP contribution in [-0.2, 0) is 0 Å². The monoisotopic (exact) mass is 185 g/mol. The first kappa shape index (κ1) is 10.1. The average molecular weight is 185 g/mol. The van der Waals surface area contributed by atoms with Gasteiger partial charge in [-0.05, 0) is 34.6 Å². The maximum Gasteiger partial charge on any atom is 0.0306 e. The third-order valence-electron chi connectivity index (χ3n) is 2.29. The molecule has 0 aromatic carbocycles. The Kier molecular flexibility index (Phi) is 2.89. The largest absolute Gasteiger partial charge is 0.241 e. The fourth-order valence-corrected chi connectivity index (χ4v) is 2.39. The summed E-state index contributed by atoms with van der Waals surface area (Å²) in [6.45, 7) is 12.4. The van der Waals surface area contributed by atoms with E-state index in [1.54, 1.807) is 11.1 Å². The fourth-order valence-electron chi connectivity index (χ4n) is 1.12. The van der Waals surface area contributed by atoms with Crippen molar-refractivity contribution >= 4 is 11.9 Å². The molecule has 0 radical (unpaired) electrons. The quantitative estimate of drug-likeness (QED) is 0.421. The molecule has 1 heterocycles. The second kappa shape index (κ2) is 3.43. The molecule has 0 saturated heterocycles. The topological polar surface area (TPSA) is 3.24 Å². The molecule has 70 valence electrons. The second-order valence-corrected chi connectivity index (χ2v) is 5.53. The molecule has 1 aliphatic heterocycles. The molecule has 0 amide bonds. The molecule has 0 unspecified atom stereocenters. The van der Waals surface area contributed by atoms with Crippen molar-refractivity contribution in [1.82, 2.24) is 4.31 Å². The molecule has 1 nitrogen and oxygen atoms in total. The van der Waals surface area contributed by atoms with Crippen molar-refractivity contribution in [3.8, 4) is 0 Å². The SMILES string of the molecule is CC1=C(C)CN(C(C)(C)C)SC1. The average Bonchev–Trinajstić information content (AvgIpc) is 1.92. The van der Waals surface area contributed by atoms with Gasteiger partial charge < -0.3 is 0 Å². The molecular formula is C10H19NS. The van der Waals surface area contributed by atoms with Gasteiger partial charge in [0.25, 0.3) is 0 Å². The molecule has 0 N–H and O–H groups in total. The van der Waals surface area contributed by atoms with E-state index < -0.39 is 0 Å². The van der Waals surface area contributed by atoms with E-state index in [4.69, 9.17) is 0 Å². The van der Waals surface area contributed by atoms with Crippen LogP contribution in [0.5, 0.6) is 0 Å².